The zero-order chi connectivity index (χ0) is 34.2. The van der Waals surface area contributed by atoms with Gasteiger partial charge in [-0.25, -0.2) is 4.98 Å². The molecule has 8 aromatic carbocycles. The van der Waals surface area contributed by atoms with Gasteiger partial charge in [-0.1, -0.05) is 158 Å². The van der Waals surface area contributed by atoms with E-state index in [4.69, 9.17) is 4.98 Å². The maximum Gasteiger partial charge on any atom is 0.0817 e. The lowest BCUT2D eigenvalue weighted by Crippen LogP contribution is -1.96. The SMILES string of the molecule is c1ccc(-c2c3ccccc3c(-c3ccc(-n4c5ccccc5c5sc6c7ccccc7nc(-c7ccccc7)c6c54)cc3)c3ccccc23)cc1. The molecule has 3 aromatic heterocycles. The lowest BCUT2D eigenvalue weighted by atomic mass is 9.86. The summed E-state index contributed by atoms with van der Waals surface area (Å²) in [5.41, 5.74) is 11.7. The highest BCUT2D eigenvalue weighted by molar-refractivity contribution is 7.27. The van der Waals surface area contributed by atoms with Gasteiger partial charge in [0, 0.05) is 32.1 Å². The second-order valence-electron chi connectivity index (χ2n) is 13.4. The fraction of sp³-hybridized carbons (Fsp3) is 0. The molecule has 0 aliphatic heterocycles. The molecular weight excluding hydrogens is 649 g/mol. The third-order valence-electron chi connectivity index (χ3n) is 10.6. The Morgan fingerprint density at radius 3 is 1.48 bits per heavy atom. The zero-order valence-corrected chi connectivity index (χ0v) is 28.9. The van der Waals surface area contributed by atoms with Gasteiger partial charge in [0.05, 0.1) is 26.9 Å². The van der Waals surface area contributed by atoms with Crippen molar-refractivity contribution in [3.8, 4) is 39.2 Å². The van der Waals surface area contributed by atoms with Crippen molar-refractivity contribution in [1.82, 2.24) is 9.55 Å². The molecule has 0 saturated carbocycles. The van der Waals surface area contributed by atoms with E-state index in [0.29, 0.717) is 0 Å². The van der Waals surface area contributed by atoms with Crippen molar-refractivity contribution in [2.24, 2.45) is 0 Å². The van der Waals surface area contributed by atoms with Crippen LogP contribution in [0, 0.1) is 0 Å². The first kappa shape index (κ1) is 29.2. The molecule has 52 heavy (non-hydrogen) atoms. The number of aromatic nitrogens is 2. The quantitative estimate of drug-likeness (QED) is 0.169. The van der Waals surface area contributed by atoms with Gasteiger partial charge in [0.1, 0.15) is 0 Å². The molecular formula is C49H30N2S. The molecule has 0 spiro atoms. The van der Waals surface area contributed by atoms with E-state index in [-0.39, 0.29) is 0 Å². The second kappa shape index (κ2) is 11.5. The smallest absolute Gasteiger partial charge is 0.0817 e. The summed E-state index contributed by atoms with van der Waals surface area (Å²) in [6.45, 7) is 0. The Morgan fingerprint density at radius 2 is 0.865 bits per heavy atom. The molecule has 3 heteroatoms. The zero-order valence-electron chi connectivity index (χ0n) is 28.1. The van der Waals surface area contributed by atoms with Crippen molar-refractivity contribution >= 4 is 75.0 Å². The van der Waals surface area contributed by atoms with E-state index in [1.54, 1.807) is 0 Å². The van der Waals surface area contributed by atoms with Crippen molar-refractivity contribution in [3.05, 3.63) is 182 Å². The Labute approximate surface area is 304 Å². The standard InChI is InChI=1S/C49H30N2S/c1-3-15-31(16-4-1)43-35-19-7-9-21-37(35)44(38-22-10-8-20-36(38)43)32-27-29-34(30-28-32)51-42-26-14-12-24-40(42)49-47(51)45-46(33-17-5-2-6-18-33)50-41-25-13-11-23-39(41)48(45)52-49/h1-30H. The van der Waals surface area contributed by atoms with Crippen molar-refractivity contribution in [1.29, 1.82) is 0 Å². The summed E-state index contributed by atoms with van der Waals surface area (Å²) in [6, 6.07) is 65.8. The first-order valence-electron chi connectivity index (χ1n) is 17.7. The average Bonchev–Trinajstić information content (AvgIpc) is 3.76. The van der Waals surface area contributed by atoms with Gasteiger partial charge in [-0.05, 0) is 68.1 Å². The molecule has 0 radical (unpaired) electrons. The fourth-order valence-electron chi connectivity index (χ4n) is 8.35. The number of hydrogen-bond donors (Lipinski definition) is 0. The van der Waals surface area contributed by atoms with E-state index in [1.807, 2.05) is 11.3 Å². The maximum absolute atomic E-state index is 5.33. The molecule has 0 atom stereocenters. The predicted octanol–water partition coefficient (Wildman–Crippen LogP) is 13.9. The Kier molecular flexibility index (Phi) is 6.46. The first-order chi connectivity index (χ1) is 25.8. The minimum atomic E-state index is 1.02. The molecule has 2 nitrogen and oxygen atoms in total. The summed E-state index contributed by atoms with van der Waals surface area (Å²) in [5.74, 6) is 0. The number of benzene rings is 8. The number of para-hydroxylation sites is 2. The molecule has 3 heterocycles. The Morgan fingerprint density at radius 1 is 0.385 bits per heavy atom. The summed E-state index contributed by atoms with van der Waals surface area (Å²) in [7, 11) is 0. The largest absolute Gasteiger partial charge is 0.308 e. The summed E-state index contributed by atoms with van der Waals surface area (Å²) in [5, 5.41) is 8.72. The molecule has 0 unspecified atom stereocenters. The van der Waals surface area contributed by atoms with E-state index in [9.17, 15) is 0 Å². The number of hydrogen-bond acceptors (Lipinski definition) is 2. The highest BCUT2D eigenvalue weighted by Crippen LogP contribution is 2.48. The number of thiophene rings is 1. The van der Waals surface area contributed by atoms with Crippen molar-refractivity contribution < 1.29 is 0 Å². The molecule has 0 fully saturated rings. The molecule has 0 aliphatic rings. The number of nitrogens with zero attached hydrogens (tertiary/aromatic N) is 2. The number of fused-ring (bicyclic) bond motifs is 9. The van der Waals surface area contributed by atoms with Crippen LogP contribution in [0.5, 0.6) is 0 Å². The van der Waals surface area contributed by atoms with Crippen LogP contribution in [0.3, 0.4) is 0 Å². The molecule has 11 aromatic rings. The van der Waals surface area contributed by atoms with Gasteiger partial charge in [-0.2, -0.15) is 0 Å². The summed E-state index contributed by atoms with van der Waals surface area (Å²) in [6.07, 6.45) is 0. The molecule has 242 valence electrons. The molecule has 11 rings (SSSR count). The third kappa shape index (κ3) is 4.27. The van der Waals surface area contributed by atoms with Crippen molar-refractivity contribution in [2.75, 3.05) is 0 Å². The molecule has 0 bridgehead atoms. The van der Waals surface area contributed by atoms with E-state index in [0.717, 1.165) is 22.5 Å². The molecule has 0 amide bonds. The van der Waals surface area contributed by atoms with E-state index < -0.39 is 0 Å². The lowest BCUT2D eigenvalue weighted by Gasteiger charge is -2.18. The Hall–Kier alpha value is -6.55. The van der Waals surface area contributed by atoms with Gasteiger partial charge in [0.25, 0.3) is 0 Å². The van der Waals surface area contributed by atoms with E-state index in [2.05, 4.69) is 187 Å². The van der Waals surface area contributed by atoms with Crippen LogP contribution >= 0.6 is 11.3 Å². The summed E-state index contributed by atoms with van der Waals surface area (Å²) < 4.78 is 5.03. The Bertz CT molecular complexity index is 3100. The van der Waals surface area contributed by atoms with Crippen LogP contribution in [0.15, 0.2) is 182 Å². The van der Waals surface area contributed by atoms with Gasteiger partial charge in [0.2, 0.25) is 0 Å². The third-order valence-corrected chi connectivity index (χ3v) is 11.8. The maximum atomic E-state index is 5.33. The normalized spacial score (nSPS) is 11.8. The van der Waals surface area contributed by atoms with Crippen LogP contribution in [0.4, 0.5) is 0 Å². The van der Waals surface area contributed by atoms with Crippen LogP contribution in [-0.2, 0) is 0 Å². The number of rotatable bonds is 4. The van der Waals surface area contributed by atoms with Gasteiger partial charge in [-0.15, -0.1) is 11.3 Å². The first-order valence-corrected chi connectivity index (χ1v) is 18.5. The minimum Gasteiger partial charge on any atom is -0.308 e. The van der Waals surface area contributed by atoms with Gasteiger partial charge in [-0.3, -0.25) is 0 Å². The topological polar surface area (TPSA) is 17.8 Å². The minimum absolute atomic E-state index is 1.02. The van der Waals surface area contributed by atoms with Crippen LogP contribution in [0.2, 0.25) is 0 Å². The van der Waals surface area contributed by atoms with Crippen LogP contribution in [-0.4, -0.2) is 9.55 Å². The summed E-state index contributed by atoms with van der Waals surface area (Å²) >= 11 is 1.89. The van der Waals surface area contributed by atoms with Gasteiger partial charge < -0.3 is 4.57 Å². The van der Waals surface area contributed by atoms with Crippen molar-refractivity contribution in [3.63, 3.8) is 0 Å². The van der Waals surface area contributed by atoms with Crippen LogP contribution < -0.4 is 0 Å². The molecule has 0 aliphatic carbocycles. The average molecular weight is 679 g/mol. The van der Waals surface area contributed by atoms with E-state index >= 15 is 0 Å². The fourth-order valence-corrected chi connectivity index (χ4v) is 9.71. The molecule has 0 saturated heterocycles. The highest BCUT2D eigenvalue weighted by atomic mass is 32.1. The van der Waals surface area contributed by atoms with Crippen molar-refractivity contribution in [2.45, 2.75) is 0 Å². The molecule has 0 N–H and O–H groups in total. The Balaban J connectivity index is 1.19. The van der Waals surface area contributed by atoms with Crippen LogP contribution in [0.25, 0.3) is 103 Å². The predicted molar refractivity (Wildman–Crippen MR) is 223 cm³/mol. The van der Waals surface area contributed by atoms with Gasteiger partial charge in [0.15, 0.2) is 0 Å². The lowest BCUT2D eigenvalue weighted by molar-refractivity contribution is 1.19. The summed E-state index contributed by atoms with van der Waals surface area (Å²) in [4.78, 5) is 5.33. The second-order valence-corrected chi connectivity index (χ2v) is 14.5. The van der Waals surface area contributed by atoms with Crippen LogP contribution in [0.1, 0.15) is 0 Å². The van der Waals surface area contributed by atoms with Gasteiger partial charge >= 0.3 is 0 Å². The monoisotopic (exact) mass is 678 g/mol. The van der Waals surface area contributed by atoms with E-state index in [1.165, 1.54) is 80.4 Å². The number of pyridine rings is 1. The highest BCUT2D eigenvalue weighted by Gasteiger charge is 2.23.